The van der Waals surface area contributed by atoms with E-state index in [4.69, 9.17) is 4.98 Å². The van der Waals surface area contributed by atoms with Crippen molar-refractivity contribution >= 4 is 28.1 Å². The lowest BCUT2D eigenvalue weighted by atomic mass is 10.1. The van der Waals surface area contributed by atoms with Crippen LogP contribution in [0.4, 0.5) is 11.5 Å². The van der Waals surface area contributed by atoms with E-state index in [1.807, 2.05) is 42.6 Å². The maximum atomic E-state index is 9.72. The van der Waals surface area contributed by atoms with Crippen LogP contribution in [0, 0.1) is 0 Å². The molecule has 2 aromatic carbocycles. The van der Waals surface area contributed by atoms with Gasteiger partial charge in [-0.2, -0.15) is 5.10 Å². The van der Waals surface area contributed by atoms with Crippen LogP contribution in [0.15, 0.2) is 67.1 Å². The van der Waals surface area contributed by atoms with Crippen molar-refractivity contribution in [2.24, 2.45) is 0 Å². The number of benzene rings is 2. The molecule has 0 spiro atoms. The van der Waals surface area contributed by atoms with Crippen molar-refractivity contribution in [3.8, 4) is 17.1 Å². The average molecular weight is 342 g/mol. The van der Waals surface area contributed by atoms with Crippen molar-refractivity contribution in [2.75, 3.05) is 5.32 Å². The van der Waals surface area contributed by atoms with Gasteiger partial charge >= 0.3 is 0 Å². The second-order valence-electron chi connectivity index (χ2n) is 5.91. The summed E-state index contributed by atoms with van der Waals surface area (Å²) in [6.07, 6.45) is 3.48. The molecule has 3 heterocycles. The van der Waals surface area contributed by atoms with Crippen molar-refractivity contribution in [1.82, 2.24) is 24.6 Å². The van der Waals surface area contributed by atoms with Crippen LogP contribution in [-0.4, -0.2) is 29.7 Å². The molecule has 0 aliphatic rings. The zero-order valence-electron chi connectivity index (χ0n) is 13.6. The van der Waals surface area contributed by atoms with E-state index in [0.717, 1.165) is 27.8 Å². The number of rotatable bonds is 3. The molecule has 0 aliphatic heterocycles. The van der Waals surface area contributed by atoms with Gasteiger partial charge in [0, 0.05) is 23.5 Å². The Balaban J connectivity index is 1.77. The molecular weight excluding hydrogens is 328 g/mol. The van der Waals surface area contributed by atoms with Gasteiger partial charge in [-0.3, -0.25) is 5.10 Å². The molecule has 0 bridgehead atoms. The number of para-hydroxylation sites is 1. The SMILES string of the molecule is Oc1cccc(Nc2nc3c(-c4ncn[nH]4)cccc3n3cccc23)c1. The second kappa shape index (κ2) is 5.59. The van der Waals surface area contributed by atoms with Crippen molar-refractivity contribution in [2.45, 2.75) is 0 Å². The van der Waals surface area contributed by atoms with Crippen LogP contribution < -0.4 is 5.32 Å². The summed E-state index contributed by atoms with van der Waals surface area (Å²) < 4.78 is 2.08. The molecule has 5 rings (SSSR count). The number of hydrogen-bond donors (Lipinski definition) is 3. The highest BCUT2D eigenvalue weighted by molar-refractivity contribution is 5.94. The molecule has 26 heavy (non-hydrogen) atoms. The Hall–Kier alpha value is -3.87. The molecule has 0 amide bonds. The molecule has 0 fully saturated rings. The van der Waals surface area contributed by atoms with Gasteiger partial charge in [0.2, 0.25) is 0 Å². The summed E-state index contributed by atoms with van der Waals surface area (Å²) in [7, 11) is 0. The molecule has 5 aromatic rings. The Labute approximate surface area is 148 Å². The third-order valence-corrected chi connectivity index (χ3v) is 4.27. The zero-order valence-corrected chi connectivity index (χ0v) is 13.6. The van der Waals surface area contributed by atoms with Gasteiger partial charge < -0.3 is 14.8 Å². The largest absolute Gasteiger partial charge is 0.508 e. The summed E-state index contributed by atoms with van der Waals surface area (Å²) >= 11 is 0. The van der Waals surface area contributed by atoms with Crippen molar-refractivity contribution in [3.63, 3.8) is 0 Å². The molecule has 3 aromatic heterocycles. The number of aromatic hydroxyl groups is 1. The van der Waals surface area contributed by atoms with Crippen LogP contribution in [0.3, 0.4) is 0 Å². The Morgan fingerprint density at radius 3 is 2.73 bits per heavy atom. The summed E-state index contributed by atoms with van der Waals surface area (Å²) in [4.78, 5) is 9.12. The second-order valence-corrected chi connectivity index (χ2v) is 5.91. The molecule has 7 heteroatoms. The molecule has 0 unspecified atom stereocenters. The number of hydrogen-bond acceptors (Lipinski definition) is 5. The highest BCUT2D eigenvalue weighted by Gasteiger charge is 2.13. The Kier molecular flexibility index (Phi) is 3.11. The van der Waals surface area contributed by atoms with E-state index in [1.54, 1.807) is 18.2 Å². The first kappa shape index (κ1) is 14.5. The van der Waals surface area contributed by atoms with Crippen molar-refractivity contribution in [1.29, 1.82) is 0 Å². The summed E-state index contributed by atoms with van der Waals surface area (Å²) in [6.45, 7) is 0. The Bertz CT molecular complexity index is 1230. The van der Waals surface area contributed by atoms with Crippen molar-refractivity contribution in [3.05, 3.63) is 67.1 Å². The van der Waals surface area contributed by atoms with Crippen LogP contribution in [0.1, 0.15) is 0 Å². The van der Waals surface area contributed by atoms with E-state index in [9.17, 15) is 5.11 Å². The first-order chi connectivity index (χ1) is 12.8. The number of fused-ring (bicyclic) bond motifs is 3. The predicted octanol–water partition coefficient (Wildman–Crippen LogP) is 3.72. The lowest BCUT2D eigenvalue weighted by molar-refractivity contribution is 0.475. The van der Waals surface area contributed by atoms with Crippen molar-refractivity contribution < 1.29 is 5.11 Å². The normalized spacial score (nSPS) is 11.2. The zero-order chi connectivity index (χ0) is 17.5. The number of aromatic nitrogens is 5. The lowest BCUT2D eigenvalue weighted by Gasteiger charge is -2.12. The minimum absolute atomic E-state index is 0.199. The standard InChI is InChI=1S/C19H14N6O/c26-13-5-1-4-12(10-13)22-19-16-8-3-9-25(16)15-7-2-6-14(17(15)23-19)18-20-11-21-24-18/h1-11,26H,(H,22,23)(H,20,21,24). The minimum Gasteiger partial charge on any atom is -0.508 e. The number of nitrogens with one attached hydrogen (secondary N) is 2. The molecule has 0 atom stereocenters. The summed E-state index contributed by atoms with van der Waals surface area (Å²) in [5.74, 6) is 1.56. The first-order valence-corrected chi connectivity index (χ1v) is 8.11. The smallest absolute Gasteiger partial charge is 0.157 e. The number of aromatic amines is 1. The minimum atomic E-state index is 0.199. The van der Waals surface area contributed by atoms with Gasteiger partial charge in [0.05, 0.1) is 11.0 Å². The molecule has 0 aliphatic carbocycles. The van der Waals surface area contributed by atoms with Crippen LogP contribution in [-0.2, 0) is 0 Å². The fourth-order valence-electron chi connectivity index (χ4n) is 3.13. The van der Waals surface area contributed by atoms with Crippen LogP contribution in [0.2, 0.25) is 0 Å². The molecule has 7 nitrogen and oxygen atoms in total. The van der Waals surface area contributed by atoms with Gasteiger partial charge in [-0.1, -0.05) is 12.1 Å². The van der Waals surface area contributed by atoms with Gasteiger partial charge in [-0.15, -0.1) is 0 Å². The van der Waals surface area contributed by atoms with Gasteiger partial charge in [0.25, 0.3) is 0 Å². The number of phenols is 1. The molecule has 0 radical (unpaired) electrons. The number of nitrogens with zero attached hydrogens (tertiary/aromatic N) is 4. The highest BCUT2D eigenvalue weighted by Crippen LogP contribution is 2.30. The molecular formula is C19H14N6O. The fourth-order valence-corrected chi connectivity index (χ4v) is 3.13. The lowest BCUT2D eigenvalue weighted by Crippen LogP contribution is -2.00. The Morgan fingerprint density at radius 2 is 1.88 bits per heavy atom. The third kappa shape index (κ3) is 2.26. The predicted molar refractivity (Wildman–Crippen MR) is 99.5 cm³/mol. The van der Waals surface area contributed by atoms with E-state index < -0.39 is 0 Å². The van der Waals surface area contributed by atoms with E-state index >= 15 is 0 Å². The molecule has 0 saturated heterocycles. The topological polar surface area (TPSA) is 91.1 Å². The van der Waals surface area contributed by atoms with E-state index in [2.05, 4.69) is 24.9 Å². The summed E-state index contributed by atoms with van der Waals surface area (Å²) in [5, 5.41) is 19.9. The van der Waals surface area contributed by atoms with Crippen LogP contribution in [0.25, 0.3) is 27.9 Å². The molecule has 3 N–H and O–H groups in total. The fraction of sp³-hybridized carbons (Fsp3) is 0. The highest BCUT2D eigenvalue weighted by atomic mass is 16.3. The van der Waals surface area contributed by atoms with Gasteiger partial charge in [0.15, 0.2) is 11.6 Å². The number of phenolic OH excluding ortho intramolecular Hbond substituents is 1. The number of anilines is 2. The summed E-state index contributed by atoms with van der Waals surface area (Å²) in [5.41, 5.74) is 4.35. The summed E-state index contributed by atoms with van der Waals surface area (Å²) in [6, 6.07) is 16.9. The number of H-pyrrole nitrogens is 1. The van der Waals surface area contributed by atoms with Crippen LogP contribution >= 0.6 is 0 Å². The average Bonchev–Trinajstić information content (AvgIpc) is 3.34. The van der Waals surface area contributed by atoms with Crippen LogP contribution in [0.5, 0.6) is 5.75 Å². The van der Waals surface area contributed by atoms with E-state index in [0.29, 0.717) is 11.6 Å². The maximum absolute atomic E-state index is 9.72. The first-order valence-electron chi connectivity index (χ1n) is 8.11. The van der Waals surface area contributed by atoms with E-state index in [-0.39, 0.29) is 5.75 Å². The third-order valence-electron chi connectivity index (χ3n) is 4.27. The molecule has 0 saturated carbocycles. The Morgan fingerprint density at radius 1 is 1.00 bits per heavy atom. The van der Waals surface area contributed by atoms with E-state index in [1.165, 1.54) is 6.33 Å². The molecule has 126 valence electrons. The quantitative estimate of drug-likeness (QED) is 0.465. The maximum Gasteiger partial charge on any atom is 0.157 e. The monoisotopic (exact) mass is 342 g/mol. The van der Waals surface area contributed by atoms with Gasteiger partial charge in [0.1, 0.15) is 17.6 Å². The van der Waals surface area contributed by atoms with Gasteiger partial charge in [-0.05, 0) is 36.4 Å². The van der Waals surface area contributed by atoms with Gasteiger partial charge in [-0.25, -0.2) is 9.97 Å².